The first kappa shape index (κ1) is 19.6. The van der Waals surface area contributed by atoms with Gasteiger partial charge in [0.1, 0.15) is 5.60 Å². The second-order valence-corrected chi connectivity index (χ2v) is 7.82. The molecule has 8 heteroatoms. The molecule has 3 heterocycles. The predicted molar refractivity (Wildman–Crippen MR) is 99.6 cm³/mol. The summed E-state index contributed by atoms with van der Waals surface area (Å²) in [4.78, 5) is 25.7. The molecule has 0 aromatic carbocycles. The first-order valence-corrected chi connectivity index (χ1v) is 9.29. The van der Waals surface area contributed by atoms with Crippen molar-refractivity contribution in [2.75, 3.05) is 19.7 Å². The molecule has 3 rings (SSSR count). The number of amides is 2. The van der Waals surface area contributed by atoms with E-state index in [1.165, 1.54) is 6.92 Å². The number of aryl methyl sites for hydroxylation is 1. The number of nitrogens with zero attached hydrogens (tertiary/aromatic N) is 3. The Morgan fingerprint density at radius 2 is 2.11 bits per heavy atom. The van der Waals surface area contributed by atoms with Gasteiger partial charge in [0.25, 0.3) is 0 Å². The third-order valence-corrected chi connectivity index (χ3v) is 5.62. The van der Waals surface area contributed by atoms with Gasteiger partial charge in [0.2, 0.25) is 11.8 Å². The number of nitrogens with one attached hydrogen (secondary N) is 1. The molecule has 0 saturated carbocycles. The number of likely N-dealkylation sites (tertiary alicyclic amines) is 1. The zero-order valence-electron chi connectivity index (χ0n) is 16.1. The lowest BCUT2D eigenvalue weighted by molar-refractivity contribution is -0.193. The third-order valence-electron chi connectivity index (χ3n) is 5.62. The number of rotatable bonds is 3. The maximum Gasteiger partial charge on any atom is 0.246 e. The summed E-state index contributed by atoms with van der Waals surface area (Å²) >= 11 is 0. The van der Waals surface area contributed by atoms with Crippen LogP contribution in [0.4, 0.5) is 0 Å². The van der Waals surface area contributed by atoms with Crippen molar-refractivity contribution in [2.45, 2.75) is 50.4 Å². The number of ether oxygens (including phenoxy) is 1. The van der Waals surface area contributed by atoms with Gasteiger partial charge in [-0.25, -0.2) is 0 Å². The highest BCUT2D eigenvalue weighted by Crippen LogP contribution is 2.38. The summed E-state index contributed by atoms with van der Waals surface area (Å²) < 4.78 is 7.73. The van der Waals surface area contributed by atoms with Crippen LogP contribution in [0.3, 0.4) is 0 Å². The van der Waals surface area contributed by atoms with Gasteiger partial charge in [0.15, 0.2) is 0 Å². The van der Waals surface area contributed by atoms with E-state index >= 15 is 0 Å². The van der Waals surface area contributed by atoms with E-state index in [0.29, 0.717) is 32.4 Å². The van der Waals surface area contributed by atoms with Crippen molar-refractivity contribution in [2.24, 2.45) is 7.05 Å². The molecular formula is C19H28N4O4. The fourth-order valence-corrected chi connectivity index (χ4v) is 3.80. The summed E-state index contributed by atoms with van der Waals surface area (Å²) in [6.07, 6.45) is 6.94. The van der Waals surface area contributed by atoms with Gasteiger partial charge < -0.3 is 20.1 Å². The van der Waals surface area contributed by atoms with Crippen molar-refractivity contribution in [1.29, 1.82) is 0 Å². The zero-order chi connectivity index (χ0) is 19.7. The molecule has 2 saturated heterocycles. The van der Waals surface area contributed by atoms with E-state index in [1.54, 1.807) is 30.0 Å². The van der Waals surface area contributed by atoms with Crippen molar-refractivity contribution in [3.63, 3.8) is 0 Å². The number of aliphatic hydroxyl groups is 1. The van der Waals surface area contributed by atoms with Gasteiger partial charge in [-0.1, -0.05) is 0 Å². The Balaban J connectivity index is 1.59. The van der Waals surface area contributed by atoms with Gasteiger partial charge in [0.05, 0.1) is 23.9 Å². The Kier molecular flexibility index (Phi) is 5.39. The molecule has 8 nitrogen and oxygen atoms in total. The average molecular weight is 376 g/mol. The smallest absolute Gasteiger partial charge is 0.246 e. The van der Waals surface area contributed by atoms with Gasteiger partial charge in [-0.3, -0.25) is 14.3 Å². The molecule has 1 spiro atoms. The molecule has 0 radical (unpaired) electrons. The van der Waals surface area contributed by atoms with E-state index in [0.717, 1.165) is 5.69 Å². The molecule has 0 unspecified atom stereocenters. The van der Waals surface area contributed by atoms with Crippen LogP contribution in [0.25, 0.3) is 6.08 Å². The number of hydrogen-bond donors (Lipinski definition) is 2. The van der Waals surface area contributed by atoms with Crippen LogP contribution in [-0.4, -0.2) is 68.5 Å². The van der Waals surface area contributed by atoms with E-state index in [1.807, 2.05) is 18.0 Å². The van der Waals surface area contributed by atoms with Crippen molar-refractivity contribution in [3.05, 3.63) is 24.0 Å². The molecule has 2 aliphatic heterocycles. The van der Waals surface area contributed by atoms with Gasteiger partial charge in [-0.05, 0) is 38.3 Å². The fourth-order valence-electron chi connectivity index (χ4n) is 3.80. The number of piperidine rings is 1. The minimum atomic E-state index is -1.09. The van der Waals surface area contributed by atoms with Crippen LogP contribution in [0, 0.1) is 0 Å². The van der Waals surface area contributed by atoms with Gasteiger partial charge in [-0.2, -0.15) is 5.10 Å². The predicted octanol–water partition coefficient (Wildman–Crippen LogP) is 0.471. The first-order chi connectivity index (χ1) is 12.7. The number of carbonyl (C=O) groups is 2. The van der Waals surface area contributed by atoms with Crippen LogP contribution in [0.2, 0.25) is 0 Å². The minimum Gasteiger partial charge on any atom is -0.386 e. The molecule has 0 aliphatic carbocycles. The Bertz CT molecular complexity index is 732. The summed E-state index contributed by atoms with van der Waals surface area (Å²) in [6.45, 7) is 4.48. The molecule has 1 aromatic rings. The van der Waals surface area contributed by atoms with E-state index < -0.39 is 11.2 Å². The maximum atomic E-state index is 12.5. The maximum absolute atomic E-state index is 12.5. The second kappa shape index (κ2) is 7.44. The highest BCUT2D eigenvalue weighted by atomic mass is 16.5. The Morgan fingerprint density at radius 3 is 2.70 bits per heavy atom. The first-order valence-electron chi connectivity index (χ1n) is 9.29. The molecule has 148 valence electrons. The Labute approximate surface area is 159 Å². The van der Waals surface area contributed by atoms with E-state index in [-0.39, 0.29) is 24.5 Å². The van der Waals surface area contributed by atoms with Crippen molar-refractivity contribution >= 4 is 17.9 Å². The van der Waals surface area contributed by atoms with E-state index in [2.05, 4.69) is 10.4 Å². The molecule has 2 N–H and O–H groups in total. The summed E-state index contributed by atoms with van der Waals surface area (Å²) in [6, 6.07) is 1.49. The largest absolute Gasteiger partial charge is 0.386 e. The Morgan fingerprint density at radius 1 is 1.41 bits per heavy atom. The molecule has 1 aromatic heterocycles. The minimum absolute atomic E-state index is 0.0349. The number of hydrogen-bond acceptors (Lipinski definition) is 5. The van der Waals surface area contributed by atoms with Crippen molar-refractivity contribution < 1.29 is 19.4 Å². The van der Waals surface area contributed by atoms with Crippen LogP contribution in [-0.2, 0) is 21.4 Å². The van der Waals surface area contributed by atoms with Crippen molar-refractivity contribution in [3.8, 4) is 0 Å². The highest BCUT2D eigenvalue weighted by Gasteiger charge is 2.48. The fraction of sp³-hybridized carbons (Fsp3) is 0.632. The summed E-state index contributed by atoms with van der Waals surface area (Å²) in [5, 5.41) is 17.4. The quantitative estimate of drug-likeness (QED) is 0.748. The summed E-state index contributed by atoms with van der Waals surface area (Å²) in [7, 11) is 1.83. The van der Waals surface area contributed by atoms with Crippen LogP contribution in [0.1, 0.15) is 38.8 Å². The second-order valence-electron chi connectivity index (χ2n) is 7.82. The number of carbonyl (C=O) groups excluding carboxylic acids is 2. The Hall–Kier alpha value is -2.19. The molecule has 2 atom stereocenters. The third kappa shape index (κ3) is 4.39. The normalized spacial score (nSPS) is 27.9. The lowest BCUT2D eigenvalue weighted by Crippen LogP contribution is -2.63. The lowest BCUT2D eigenvalue weighted by atomic mass is 9.77. The monoisotopic (exact) mass is 376 g/mol. The molecule has 2 aliphatic rings. The van der Waals surface area contributed by atoms with Gasteiger partial charge in [-0.15, -0.1) is 0 Å². The summed E-state index contributed by atoms with van der Waals surface area (Å²) in [5.74, 6) is -0.197. The standard InChI is InChI=1S/C19H28N4O4/c1-14(24)21-16-12-19(27-13-18(16,2)26)7-10-23(11-8-19)17(25)5-4-15-6-9-20-22(15)3/h4-6,9,16,26H,7-8,10-13H2,1-3H3,(H,21,24)/t16-,18-/m0/s1. The zero-order valence-corrected chi connectivity index (χ0v) is 16.1. The van der Waals surface area contributed by atoms with E-state index in [4.69, 9.17) is 4.74 Å². The van der Waals surface area contributed by atoms with Crippen LogP contribution in [0.5, 0.6) is 0 Å². The van der Waals surface area contributed by atoms with Crippen molar-refractivity contribution in [1.82, 2.24) is 20.0 Å². The molecule has 0 bridgehead atoms. The topological polar surface area (TPSA) is 96.7 Å². The van der Waals surface area contributed by atoms with E-state index in [9.17, 15) is 14.7 Å². The van der Waals surface area contributed by atoms with Crippen LogP contribution >= 0.6 is 0 Å². The molecule has 27 heavy (non-hydrogen) atoms. The lowest BCUT2D eigenvalue weighted by Gasteiger charge is -2.50. The van der Waals surface area contributed by atoms with Crippen LogP contribution in [0.15, 0.2) is 18.3 Å². The SMILES string of the molecule is CC(=O)N[C@H]1CC2(CCN(C(=O)C=Cc3ccnn3C)CC2)OC[C@]1(C)O. The molecule has 2 fully saturated rings. The van der Waals surface area contributed by atoms with Crippen LogP contribution < -0.4 is 5.32 Å². The highest BCUT2D eigenvalue weighted by molar-refractivity contribution is 5.91. The number of aromatic nitrogens is 2. The summed E-state index contributed by atoms with van der Waals surface area (Å²) in [5.41, 5.74) is -0.624. The average Bonchev–Trinajstić information content (AvgIpc) is 3.02. The van der Waals surface area contributed by atoms with Gasteiger partial charge in [0, 0.05) is 39.3 Å². The molecule has 2 amide bonds. The van der Waals surface area contributed by atoms with Gasteiger partial charge >= 0.3 is 0 Å². The molecular weight excluding hydrogens is 348 g/mol.